The fourth-order valence-electron chi connectivity index (χ4n) is 4.28. The maximum absolute atomic E-state index is 13.7. The Morgan fingerprint density at radius 2 is 1.86 bits per heavy atom. The number of aliphatic hydroxyl groups excluding tert-OH is 1. The first-order valence-corrected chi connectivity index (χ1v) is 11.0. The lowest BCUT2D eigenvalue weighted by atomic mass is 9.95. The first-order valence-electron chi connectivity index (χ1n) is 11.0. The average molecular weight is 470 g/mol. The number of amides is 1. The molecule has 0 fully saturated rings. The van der Waals surface area contributed by atoms with Gasteiger partial charge in [0.25, 0.3) is 5.91 Å². The zero-order valence-electron chi connectivity index (χ0n) is 19.1. The van der Waals surface area contributed by atoms with Crippen LogP contribution >= 0.6 is 0 Å². The Morgan fingerprint density at radius 1 is 1.11 bits per heavy atom. The van der Waals surface area contributed by atoms with Gasteiger partial charge in [-0.2, -0.15) is 0 Å². The molecule has 35 heavy (non-hydrogen) atoms. The number of hydrogen-bond acceptors (Lipinski definition) is 7. The number of aromatic nitrogens is 1. The molecule has 1 amide bonds. The predicted octanol–water partition coefficient (Wildman–Crippen LogP) is 5.02. The van der Waals surface area contributed by atoms with Crippen LogP contribution in [-0.2, 0) is 4.79 Å². The first-order chi connectivity index (χ1) is 17.0. The monoisotopic (exact) mass is 470 g/mol. The van der Waals surface area contributed by atoms with Crippen molar-refractivity contribution < 1.29 is 28.6 Å². The molecule has 0 bridgehead atoms. The number of anilines is 1. The summed E-state index contributed by atoms with van der Waals surface area (Å²) in [4.78, 5) is 32.4. The van der Waals surface area contributed by atoms with Gasteiger partial charge in [-0.1, -0.05) is 12.1 Å². The Hall–Kier alpha value is -4.59. The number of ether oxygens (including phenoxy) is 2. The van der Waals surface area contributed by atoms with E-state index in [2.05, 4.69) is 4.98 Å². The van der Waals surface area contributed by atoms with E-state index < -0.39 is 23.5 Å². The van der Waals surface area contributed by atoms with E-state index in [0.29, 0.717) is 40.3 Å². The molecule has 1 aliphatic heterocycles. The molecular weight excluding hydrogens is 448 g/mol. The lowest BCUT2D eigenvalue weighted by Crippen LogP contribution is -2.31. The second kappa shape index (κ2) is 8.98. The SMILES string of the molecule is CCOc1ccc(N2C(=O)C(O)=C(C(=O)c3cc4cccc(OC)c4o3)C2c2ccncc2)cc1. The summed E-state index contributed by atoms with van der Waals surface area (Å²) in [6.07, 6.45) is 3.14. The van der Waals surface area contributed by atoms with E-state index in [0.717, 1.165) is 0 Å². The van der Waals surface area contributed by atoms with Gasteiger partial charge in [-0.05, 0) is 61.0 Å². The maximum atomic E-state index is 13.7. The molecule has 4 aromatic rings. The number of carbonyl (C=O) groups excluding carboxylic acids is 2. The highest BCUT2D eigenvalue weighted by atomic mass is 16.5. The van der Waals surface area contributed by atoms with Crippen molar-refractivity contribution in [2.45, 2.75) is 13.0 Å². The molecule has 0 radical (unpaired) electrons. The van der Waals surface area contributed by atoms with E-state index >= 15 is 0 Å². The molecule has 0 aliphatic carbocycles. The fraction of sp³-hybridized carbons (Fsp3) is 0.148. The van der Waals surface area contributed by atoms with Crippen molar-refractivity contribution in [1.82, 2.24) is 4.98 Å². The van der Waals surface area contributed by atoms with Gasteiger partial charge in [0, 0.05) is 23.5 Å². The Bertz CT molecular complexity index is 1440. The normalized spacial score (nSPS) is 15.7. The van der Waals surface area contributed by atoms with Crippen LogP contribution in [-0.4, -0.2) is 35.5 Å². The molecule has 0 spiro atoms. The summed E-state index contributed by atoms with van der Waals surface area (Å²) in [7, 11) is 1.51. The summed E-state index contributed by atoms with van der Waals surface area (Å²) < 4.78 is 16.7. The van der Waals surface area contributed by atoms with Crippen molar-refractivity contribution in [3.8, 4) is 11.5 Å². The van der Waals surface area contributed by atoms with Crippen molar-refractivity contribution in [2.24, 2.45) is 0 Å². The van der Waals surface area contributed by atoms with Crippen LogP contribution in [0.1, 0.15) is 29.1 Å². The van der Waals surface area contributed by atoms with Gasteiger partial charge in [0.2, 0.25) is 5.78 Å². The zero-order chi connectivity index (χ0) is 24.5. The van der Waals surface area contributed by atoms with Gasteiger partial charge in [-0.15, -0.1) is 0 Å². The number of ketones is 1. The van der Waals surface area contributed by atoms with Crippen molar-refractivity contribution in [3.05, 3.63) is 95.7 Å². The second-order valence-electron chi connectivity index (χ2n) is 7.87. The molecule has 176 valence electrons. The molecule has 5 rings (SSSR count). The Labute approximate surface area is 201 Å². The lowest BCUT2D eigenvalue weighted by molar-refractivity contribution is -0.117. The largest absolute Gasteiger partial charge is 0.503 e. The van der Waals surface area contributed by atoms with Crippen LogP contribution in [0.15, 0.2) is 88.8 Å². The van der Waals surface area contributed by atoms with Crippen LogP contribution in [0.4, 0.5) is 5.69 Å². The molecule has 2 aromatic heterocycles. The zero-order valence-corrected chi connectivity index (χ0v) is 19.1. The van der Waals surface area contributed by atoms with Crippen molar-refractivity contribution in [2.75, 3.05) is 18.6 Å². The Balaban J connectivity index is 1.61. The number of carbonyl (C=O) groups is 2. The number of para-hydroxylation sites is 1. The summed E-state index contributed by atoms with van der Waals surface area (Å²) in [5, 5.41) is 11.6. The van der Waals surface area contributed by atoms with Gasteiger partial charge in [-0.3, -0.25) is 19.5 Å². The highest BCUT2D eigenvalue weighted by Gasteiger charge is 2.45. The maximum Gasteiger partial charge on any atom is 0.294 e. The van der Waals surface area contributed by atoms with Gasteiger partial charge in [0.05, 0.1) is 25.3 Å². The van der Waals surface area contributed by atoms with Crippen LogP contribution in [0.25, 0.3) is 11.0 Å². The van der Waals surface area contributed by atoms with Gasteiger partial charge < -0.3 is 19.0 Å². The molecule has 8 nitrogen and oxygen atoms in total. The van der Waals surface area contributed by atoms with Crippen LogP contribution in [0.2, 0.25) is 0 Å². The highest BCUT2D eigenvalue weighted by Crippen LogP contribution is 2.42. The second-order valence-corrected chi connectivity index (χ2v) is 7.87. The molecule has 3 heterocycles. The van der Waals surface area contributed by atoms with E-state index in [1.165, 1.54) is 12.0 Å². The first kappa shape index (κ1) is 22.2. The quantitative estimate of drug-likeness (QED) is 0.379. The lowest BCUT2D eigenvalue weighted by Gasteiger charge is -2.26. The minimum atomic E-state index is -0.883. The minimum Gasteiger partial charge on any atom is -0.503 e. The Morgan fingerprint density at radius 3 is 2.54 bits per heavy atom. The van der Waals surface area contributed by atoms with Gasteiger partial charge in [-0.25, -0.2) is 0 Å². The summed E-state index contributed by atoms with van der Waals surface area (Å²) in [5.41, 5.74) is 1.45. The average Bonchev–Trinajstić information content (AvgIpc) is 3.44. The van der Waals surface area contributed by atoms with E-state index in [4.69, 9.17) is 13.9 Å². The van der Waals surface area contributed by atoms with Crippen LogP contribution in [0.3, 0.4) is 0 Å². The molecule has 1 aliphatic rings. The topological polar surface area (TPSA) is 102 Å². The van der Waals surface area contributed by atoms with Gasteiger partial charge in [0.1, 0.15) is 5.75 Å². The summed E-state index contributed by atoms with van der Waals surface area (Å²) >= 11 is 0. The number of fused-ring (bicyclic) bond motifs is 1. The molecular formula is C27H22N2O6. The summed E-state index contributed by atoms with van der Waals surface area (Å²) in [6, 6.07) is 16.3. The predicted molar refractivity (Wildman–Crippen MR) is 129 cm³/mol. The number of nitrogens with zero attached hydrogens (tertiary/aromatic N) is 2. The summed E-state index contributed by atoms with van der Waals surface area (Å²) in [6.45, 7) is 2.38. The fourth-order valence-corrected chi connectivity index (χ4v) is 4.28. The number of Topliss-reactive ketones (excluding diaryl/α,β-unsaturated/α-hetero) is 1. The molecule has 0 saturated heterocycles. The molecule has 1 N–H and O–H groups in total. The van der Waals surface area contributed by atoms with E-state index in [1.54, 1.807) is 73.1 Å². The number of furan rings is 1. The third-order valence-electron chi connectivity index (χ3n) is 5.85. The number of methoxy groups -OCH3 is 1. The summed E-state index contributed by atoms with van der Waals surface area (Å²) in [5.74, 6) is -0.793. The van der Waals surface area contributed by atoms with E-state index in [-0.39, 0.29) is 11.3 Å². The third-order valence-corrected chi connectivity index (χ3v) is 5.85. The van der Waals surface area contributed by atoms with Gasteiger partial charge >= 0.3 is 0 Å². The number of hydrogen-bond donors (Lipinski definition) is 1. The van der Waals surface area contributed by atoms with Gasteiger partial charge in [0.15, 0.2) is 22.9 Å². The molecule has 1 unspecified atom stereocenters. The number of pyridine rings is 1. The van der Waals surface area contributed by atoms with E-state index in [1.807, 2.05) is 6.92 Å². The standard InChI is InChI=1S/C27H22N2O6/c1-3-34-19-9-7-18(8-10-19)29-23(16-11-13-28-14-12-16)22(25(31)27(29)32)24(30)21-15-17-5-4-6-20(33-2)26(17)35-21/h4-15,23,31H,3H2,1-2H3. The molecule has 8 heteroatoms. The Kier molecular flexibility index (Phi) is 5.70. The van der Waals surface area contributed by atoms with Crippen molar-refractivity contribution in [3.63, 3.8) is 0 Å². The van der Waals surface area contributed by atoms with Crippen molar-refractivity contribution in [1.29, 1.82) is 0 Å². The minimum absolute atomic E-state index is 0.00792. The third kappa shape index (κ3) is 3.78. The smallest absolute Gasteiger partial charge is 0.294 e. The number of benzene rings is 2. The molecule has 2 aromatic carbocycles. The number of aliphatic hydroxyl groups is 1. The van der Waals surface area contributed by atoms with Crippen LogP contribution in [0.5, 0.6) is 11.5 Å². The van der Waals surface area contributed by atoms with Crippen LogP contribution < -0.4 is 14.4 Å². The molecule has 1 atom stereocenters. The number of rotatable bonds is 7. The highest BCUT2D eigenvalue weighted by molar-refractivity contribution is 6.20. The molecule has 0 saturated carbocycles. The van der Waals surface area contributed by atoms with Crippen LogP contribution in [0, 0.1) is 0 Å². The van der Waals surface area contributed by atoms with E-state index in [9.17, 15) is 14.7 Å². The van der Waals surface area contributed by atoms with Crippen molar-refractivity contribution >= 4 is 28.3 Å².